The Morgan fingerprint density at radius 1 is 0.862 bits per heavy atom. The van der Waals surface area contributed by atoms with Crippen LogP contribution < -0.4 is 20.7 Å². The third kappa shape index (κ3) is 5.80. The normalized spacial score (nSPS) is 10.1. The number of carbonyl (C=O) groups is 2. The molecule has 0 aliphatic rings. The molecule has 0 spiro atoms. The fraction of sp³-hybridized carbons (Fsp3) is 0.136. The van der Waals surface area contributed by atoms with Crippen LogP contribution in [0.1, 0.15) is 24.2 Å². The van der Waals surface area contributed by atoms with Crippen molar-refractivity contribution in [1.82, 2.24) is 4.98 Å². The van der Waals surface area contributed by atoms with Crippen LogP contribution in [0.2, 0.25) is 0 Å². The zero-order chi connectivity index (χ0) is 20.6. The Morgan fingerprint density at radius 2 is 1.48 bits per heavy atom. The molecule has 0 radical (unpaired) electrons. The number of hydrogen-bond donors (Lipinski definition) is 3. The van der Waals surface area contributed by atoms with Gasteiger partial charge < -0.3 is 20.7 Å². The zero-order valence-corrected chi connectivity index (χ0v) is 16.2. The van der Waals surface area contributed by atoms with Gasteiger partial charge in [0.05, 0.1) is 12.2 Å². The second-order valence-electron chi connectivity index (χ2n) is 6.23. The summed E-state index contributed by atoms with van der Waals surface area (Å²) in [6.07, 6.45) is 1.51. The van der Waals surface area contributed by atoms with Crippen molar-refractivity contribution in [2.45, 2.75) is 13.8 Å². The monoisotopic (exact) mass is 390 g/mol. The SMILES string of the molecule is CCOc1ccc(Nc2ccc(C(=O)Nc3ccc(NC(C)=O)cc3)cn2)cc1. The van der Waals surface area contributed by atoms with Gasteiger partial charge in [-0.05, 0) is 67.6 Å². The number of benzene rings is 2. The summed E-state index contributed by atoms with van der Waals surface area (Å²) in [5, 5.41) is 8.65. The standard InChI is InChI=1S/C22H22N4O3/c1-3-29-20-11-9-18(10-12-20)25-21-13-4-16(14-23-21)22(28)26-19-7-5-17(6-8-19)24-15(2)27/h4-14H,3H2,1-2H3,(H,23,25)(H,24,27)(H,26,28). The molecule has 3 N–H and O–H groups in total. The van der Waals surface area contributed by atoms with Crippen LogP contribution >= 0.6 is 0 Å². The van der Waals surface area contributed by atoms with Crippen LogP contribution in [0.3, 0.4) is 0 Å². The Morgan fingerprint density at radius 3 is 2.03 bits per heavy atom. The maximum absolute atomic E-state index is 12.4. The number of ether oxygens (including phenoxy) is 1. The Hall–Kier alpha value is -3.87. The highest BCUT2D eigenvalue weighted by Crippen LogP contribution is 2.19. The Labute approximate surface area is 169 Å². The molecule has 3 aromatic rings. The second-order valence-corrected chi connectivity index (χ2v) is 6.23. The summed E-state index contributed by atoms with van der Waals surface area (Å²) < 4.78 is 5.42. The molecular weight excluding hydrogens is 368 g/mol. The Kier molecular flexibility index (Phi) is 6.42. The van der Waals surface area contributed by atoms with Gasteiger partial charge in [0.25, 0.3) is 5.91 Å². The number of anilines is 4. The van der Waals surface area contributed by atoms with Crippen LogP contribution in [0, 0.1) is 0 Å². The number of pyridine rings is 1. The first-order valence-corrected chi connectivity index (χ1v) is 9.18. The molecule has 148 valence electrons. The first-order valence-electron chi connectivity index (χ1n) is 9.18. The molecule has 0 bridgehead atoms. The predicted octanol–water partition coefficient (Wildman–Crippen LogP) is 4.43. The van der Waals surface area contributed by atoms with E-state index in [1.165, 1.54) is 13.1 Å². The summed E-state index contributed by atoms with van der Waals surface area (Å²) in [5.74, 6) is 1.03. The number of nitrogens with zero attached hydrogens (tertiary/aromatic N) is 1. The van der Waals surface area contributed by atoms with Crippen molar-refractivity contribution in [2.75, 3.05) is 22.6 Å². The number of carbonyl (C=O) groups excluding carboxylic acids is 2. The third-order valence-electron chi connectivity index (χ3n) is 3.93. The Balaban J connectivity index is 1.58. The van der Waals surface area contributed by atoms with E-state index in [1.54, 1.807) is 36.4 Å². The third-order valence-corrected chi connectivity index (χ3v) is 3.93. The summed E-state index contributed by atoms with van der Waals surface area (Å²) >= 11 is 0. The largest absolute Gasteiger partial charge is 0.494 e. The van der Waals surface area contributed by atoms with Gasteiger partial charge in [0.1, 0.15) is 11.6 Å². The highest BCUT2D eigenvalue weighted by molar-refractivity contribution is 6.04. The van der Waals surface area contributed by atoms with Crippen molar-refractivity contribution < 1.29 is 14.3 Å². The van der Waals surface area contributed by atoms with Crippen molar-refractivity contribution >= 4 is 34.7 Å². The molecule has 0 saturated heterocycles. The lowest BCUT2D eigenvalue weighted by Crippen LogP contribution is -2.12. The van der Waals surface area contributed by atoms with Crippen molar-refractivity contribution in [1.29, 1.82) is 0 Å². The topological polar surface area (TPSA) is 92.4 Å². The van der Waals surface area contributed by atoms with E-state index in [-0.39, 0.29) is 11.8 Å². The number of nitrogens with one attached hydrogen (secondary N) is 3. The molecule has 0 aliphatic carbocycles. The van der Waals surface area contributed by atoms with Crippen LogP contribution in [-0.2, 0) is 4.79 Å². The molecular formula is C22H22N4O3. The van der Waals surface area contributed by atoms with Crippen molar-refractivity contribution in [3.8, 4) is 5.75 Å². The van der Waals surface area contributed by atoms with Gasteiger partial charge in [0, 0.05) is 30.2 Å². The fourth-order valence-electron chi connectivity index (χ4n) is 2.59. The lowest BCUT2D eigenvalue weighted by atomic mass is 10.2. The molecule has 1 heterocycles. The fourth-order valence-corrected chi connectivity index (χ4v) is 2.59. The van der Waals surface area contributed by atoms with E-state index in [0.29, 0.717) is 29.4 Å². The highest BCUT2D eigenvalue weighted by atomic mass is 16.5. The average Bonchev–Trinajstić information content (AvgIpc) is 2.71. The molecule has 7 nitrogen and oxygen atoms in total. The van der Waals surface area contributed by atoms with E-state index >= 15 is 0 Å². The molecule has 0 fully saturated rings. The van der Waals surface area contributed by atoms with Gasteiger partial charge in [-0.2, -0.15) is 0 Å². The van der Waals surface area contributed by atoms with Gasteiger partial charge in [-0.1, -0.05) is 0 Å². The van der Waals surface area contributed by atoms with Gasteiger partial charge in [-0.15, -0.1) is 0 Å². The first-order chi connectivity index (χ1) is 14.0. The van der Waals surface area contributed by atoms with E-state index in [2.05, 4.69) is 20.9 Å². The van der Waals surface area contributed by atoms with Gasteiger partial charge in [0.2, 0.25) is 5.91 Å². The van der Waals surface area contributed by atoms with Gasteiger partial charge in [-0.3, -0.25) is 9.59 Å². The molecule has 7 heteroatoms. The zero-order valence-electron chi connectivity index (χ0n) is 16.2. The molecule has 2 aromatic carbocycles. The van der Waals surface area contributed by atoms with Crippen LogP contribution in [-0.4, -0.2) is 23.4 Å². The molecule has 2 amide bonds. The minimum atomic E-state index is -0.266. The van der Waals surface area contributed by atoms with Crippen LogP contribution in [0.15, 0.2) is 66.9 Å². The highest BCUT2D eigenvalue weighted by Gasteiger charge is 2.07. The lowest BCUT2D eigenvalue weighted by molar-refractivity contribution is -0.114. The molecule has 0 aliphatic heterocycles. The molecule has 1 aromatic heterocycles. The minimum Gasteiger partial charge on any atom is -0.494 e. The molecule has 0 unspecified atom stereocenters. The molecule has 29 heavy (non-hydrogen) atoms. The number of aromatic nitrogens is 1. The van der Waals surface area contributed by atoms with E-state index in [4.69, 9.17) is 4.74 Å². The van der Waals surface area contributed by atoms with E-state index in [0.717, 1.165) is 11.4 Å². The molecule has 0 atom stereocenters. The second kappa shape index (κ2) is 9.36. The van der Waals surface area contributed by atoms with E-state index < -0.39 is 0 Å². The maximum atomic E-state index is 12.4. The number of rotatable bonds is 7. The predicted molar refractivity (Wildman–Crippen MR) is 114 cm³/mol. The smallest absolute Gasteiger partial charge is 0.257 e. The van der Waals surface area contributed by atoms with E-state index in [1.807, 2.05) is 31.2 Å². The average molecular weight is 390 g/mol. The van der Waals surface area contributed by atoms with Crippen molar-refractivity contribution in [3.05, 3.63) is 72.4 Å². The number of hydrogen-bond acceptors (Lipinski definition) is 5. The summed E-state index contributed by atoms with van der Waals surface area (Å²) in [6.45, 7) is 4.00. The van der Waals surface area contributed by atoms with E-state index in [9.17, 15) is 9.59 Å². The van der Waals surface area contributed by atoms with Crippen molar-refractivity contribution in [2.24, 2.45) is 0 Å². The number of amides is 2. The maximum Gasteiger partial charge on any atom is 0.257 e. The van der Waals surface area contributed by atoms with Crippen LogP contribution in [0.25, 0.3) is 0 Å². The summed E-state index contributed by atoms with van der Waals surface area (Å²) in [5.41, 5.74) is 2.60. The minimum absolute atomic E-state index is 0.146. The summed E-state index contributed by atoms with van der Waals surface area (Å²) in [4.78, 5) is 27.7. The van der Waals surface area contributed by atoms with Gasteiger partial charge >= 0.3 is 0 Å². The van der Waals surface area contributed by atoms with Crippen LogP contribution in [0.4, 0.5) is 22.9 Å². The quantitative estimate of drug-likeness (QED) is 0.555. The Bertz CT molecular complexity index is 968. The molecule has 0 saturated carbocycles. The summed E-state index contributed by atoms with van der Waals surface area (Å²) in [7, 11) is 0. The first kappa shape index (κ1) is 19.9. The molecule has 3 rings (SSSR count). The lowest BCUT2D eigenvalue weighted by Gasteiger charge is -2.09. The van der Waals surface area contributed by atoms with Crippen molar-refractivity contribution in [3.63, 3.8) is 0 Å². The van der Waals surface area contributed by atoms with Gasteiger partial charge in [0.15, 0.2) is 0 Å². The van der Waals surface area contributed by atoms with Gasteiger partial charge in [-0.25, -0.2) is 4.98 Å². The van der Waals surface area contributed by atoms with Crippen LogP contribution in [0.5, 0.6) is 5.75 Å². The summed E-state index contributed by atoms with van der Waals surface area (Å²) in [6, 6.07) is 17.9.